The molecule has 0 aliphatic rings. The molecule has 24 heavy (non-hydrogen) atoms. The van der Waals surface area contributed by atoms with Gasteiger partial charge in [0.05, 0.1) is 6.66 Å². The predicted octanol–water partition coefficient (Wildman–Crippen LogP) is 4.95. The molecule has 0 aliphatic carbocycles. The van der Waals surface area contributed by atoms with Gasteiger partial charge in [-0.3, -0.25) is 0 Å². The van der Waals surface area contributed by atoms with Crippen molar-refractivity contribution in [1.82, 2.24) is 0 Å². The Balaban J connectivity index is 2.13. The summed E-state index contributed by atoms with van der Waals surface area (Å²) in [7, 11) is -1.59. The van der Waals surface area contributed by atoms with Crippen LogP contribution in [0.25, 0.3) is 0 Å². The fraction of sp³-hybridized carbons (Fsp3) is 0.217. The average Bonchev–Trinajstić information content (AvgIpc) is 2.67. The molecular weight excluding hydrogens is 307 g/mol. The van der Waals surface area contributed by atoms with Gasteiger partial charge in [-0.15, -0.1) is 0 Å². The van der Waals surface area contributed by atoms with E-state index in [1.807, 2.05) is 0 Å². The van der Waals surface area contributed by atoms with E-state index >= 15 is 0 Å². The molecule has 0 heterocycles. The second-order valence-corrected chi connectivity index (χ2v) is 10.0. The molecule has 0 radical (unpaired) electrons. The first-order valence-electron chi connectivity index (χ1n) is 8.82. The molecule has 0 aliphatic heterocycles. The van der Waals surface area contributed by atoms with Crippen LogP contribution in [-0.4, -0.2) is 6.66 Å². The molecule has 0 atom stereocenters. The van der Waals surface area contributed by atoms with E-state index in [4.69, 9.17) is 0 Å². The monoisotopic (exact) mass is 333 g/mol. The number of hydrogen-bond donors (Lipinski definition) is 0. The number of aryl methyl sites for hydroxylation is 1. The van der Waals surface area contributed by atoms with Crippen LogP contribution in [0.4, 0.5) is 0 Å². The Labute approximate surface area is 146 Å². The van der Waals surface area contributed by atoms with Crippen molar-refractivity contribution >= 4 is 23.2 Å². The highest BCUT2D eigenvalue weighted by Gasteiger charge is 2.39. The first-order chi connectivity index (χ1) is 11.7. The third kappa shape index (κ3) is 3.45. The summed E-state index contributed by atoms with van der Waals surface area (Å²) < 4.78 is 0. The van der Waals surface area contributed by atoms with E-state index in [-0.39, 0.29) is 0 Å². The highest BCUT2D eigenvalue weighted by Crippen LogP contribution is 2.51. The second kappa shape index (κ2) is 7.77. The minimum atomic E-state index is -1.59. The Bertz CT molecular complexity index is 723. The molecule has 0 N–H and O–H groups in total. The van der Waals surface area contributed by atoms with Crippen LogP contribution in [0, 0.1) is 0 Å². The number of unbranched alkanes of at least 4 members (excludes halogenated alkanes) is 1. The molecule has 0 unspecified atom stereocenters. The lowest BCUT2D eigenvalue weighted by Crippen LogP contribution is -2.30. The van der Waals surface area contributed by atoms with Crippen LogP contribution in [0.5, 0.6) is 0 Å². The molecule has 0 saturated carbocycles. The third-order valence-corrected chi connectivity index (χ3v) is 8.76. The highest BCUT2D eigenvalue weighted by atomic mass is 31.2. The van der Waals surface area contributed by atoms with Crippen molar-refractivity contribution in [2.75, 3.05) is 6.66 Å². The molecule has 3 aromatic rings. The van der Waals surface area contributed by atoms with Crippen molar-refractivity contribution < 1.29 is 0 Å². The summed E-state index contributed by atoms with van der Waals surface area (Å²) in [5.74, 6) is 0. The second-order valence-electron chi connectivity index (χ2n) is 6.45. The van der Waals surface area contributed by atoms with E-state index in [9.17, 15) is 0 Å². The Morgan fingerprint density at radius 2 is 1.21 bits per heavy atom. The lowest BCUT2D eigenvalue weighted by molar-refractivity contribution is 0.795. The molecule has 0 fully saturated rings. The predicted molar refractivity (Wildman–Crippen MR) is 110 cm³/mol. The standard InChI is InChI=1S/C23H26P/c1-3-4-12-20-13-11-18-23(19-20)24(2,21-14-7-5-8-15-21)22-16-9-6-10-17-22/h5-11,13-19H,3-4,12H2,1-2H3/q+1. The van der Waals surface area contributed by atoms with Crippen LogP contribution in [-0.2, 0) is 6.42 Å². The van der Waals surface area contributed by atoms with Crippen molar-refractivity contribution in [1.29, 1.82) is 0 Å². The number of benzene rings is 3. The van der Waals surface area contributed by atoms with Gasteiger partial charge in [0, 0.05) is 0 Å². The molecular formula is C23H26P+. The van der Waals surface area contributed by atoms with Gasteiger partial charge in [0.1, 0.15) is 23.2 Å². The van der Waals surface area contributed by atoms with Crippen LogP contribution in [0.2, 0.25) is 0 Å². The SMILES string of the molecule is CCCCc1cccc([P+](C)(c2ccccc2)c2ccccc2)c1. The van der Waals surface area contributed by atoms with Gasteiger partial charge in [-0.2, -0.15) is 0 Å². The largest absolute Gasteiger partial charge is 0.109 e. The van der Waals surface area contributed by atoms with Crippen molar-refractivity contribution in [2.24, 2.45) is 0 Å². The third-order valence-electron chi connectivity index (χ3n) is 4.79. The molecule has 0 bridgehead atoms. The average molecular weight is 333 g/mol. The maximum atomic E-state index is 2.45. The van der Waals surface area contributed by atoms with Crippen LogP contribution < -0.4 is 15.9 Å². The van der Waals surface area contributed by atoms with Gasteiger partial charge in [0.2, 0.25) is 0 Å². The molecule has 122 valence electrons. The van der Waals surface area contributed by atoms with Crippen molar-refractivity contribution in [2.45, 2.75) is 26.2 Å². The zero-order valence-electron chi connectivity index (χ0n) is 14.7. The first-order valence-corrected chi connectivity index (χ1v) is 11.1. The van der Waals surface area contributed by atoms with Crippen LogP contribution >= 0.6 is 7.26 Å². The van der Waals surface area contributed by atoms with Gasteiger partial charge in [-0.05, 0) is 54.8 Å². The summed E-state index contributed by atoms with van der Waals surface area (Å²) >= 11 is 0. The molecule has 3 rings (SSSR count). The summed E-state index contributed by atoms with van der Waals surface area (Å²) in [6.07, 6.45) is 3.68. The summed E-state index contributed by atoms with van der Waals surface area (Å²) in [4.78, 5) is 0. The van der Waals surface area contributed by atoms with E-state index in [2.05, 4.69) is 98.5 Å². The van der Waals surface area contributed by atoms with Crippen molar-refractivity contribution in [3.05, 3.63) is 90.5 Å². The van der Waals surface area contributed by atoms with Gasteiger partial charge in [0.25, 0.3) is 0 Å². The van der Waals surface area contributed by atoms with E-state index < -0.39 is 7.26 Å². The Kier molecular flexibility index (Phi) is 5.48. The van der Waals surface area contributed by atoms with E-state index in [0.29, 0.717) is 0 Å². The minimum absolute atomic E-state index is 1.17. The highest BCUT2D eigenvalue weighted by molar-refractivity contribution is 7.95. The normalized spacial score (nSPS) is 11.4. The maximum Gasteiger partial charge on any atom is 0.109 e. The van der Waals surface area contributed by atoms with E-state index in [1.54, 1.807) is 0 Å². The maximum absolute atomic E-state index is 2.45. The lowest BCUT2D eigenvalue weighted by Gasteiger charge is -2.23. The van der Waals surface area contributed by atoms with Gasteiger partial charge >= 0.3 is 0 Å². The first kappa shape index (κ1) is 16.9. The zero-order valence-corrected chi connectivity index (χ0v) is 15.5. The van der Waals surface area contributed by atoms with Crippen LogP contribution in [0.1, 0.15) is 25.3 Å². The van der Waals surface area contributed by atoms with E-state index in [0.717, 1.165) is 0 Å². The topological polar surface area (TPSA) is 0 Å². The van der Waals surface area contributed by atoms with Crippen LogP contribution in [0.3, 0.4) is 0 Å². The molecule has 0 amide bonds. The van der Waals surface area contributed by atoms with Crippen LogP contribution in [0.15, 0.2) is 84.9 Å². The van der Waals surface area contributed by atoms with Gasteiger partial charge in [-0.25, -0.2) is 0 Å². The summed E-state index contributed by atoms with van der Waals surface area (Å²) in [5.41, 5.74) is 1.47. The molecule has 0 saturated heterocycles. The molecule has 0 spiro atoms. The molecule has 3 aromatic carbocycles. The lowest BCUT2D eigenvalue weighted by atomic mass is 10.1. The quantitative estimate of drug-likeness (QED) is 0.560. The minimum Gasteiger partial charge on any atom is -0.0654 e. The van der Waals surface area contributed by atoms with Gasteiger partial charge in [-0.1, -0.05) is 61.9 Å². The van der Waals surface area contributed by atoms with E-state index in [1.165, 1.54) is 40.7 Å². The smallest absolute Gasteiger partial charge is 0.0654 e. The Hall–Kier alpha value is -1.91. The van der Waals surface area contributed by atoms with Crippen molar-refractivity contribution in [3.8, 4) is 0 Å². The molecule has 0 aromatic heterocycles. The molecule has 0 nitrogen and oxygen atoms in total. The molecule has 1 heteroatoms. The number of rotatable bonds is 6. The number of hydrogen-bond acceptors (Lipinski definition) is 0. The fourth-order valence-electron chi connectivity index (χ4n) is 3.27. The summed E-state index contributed by atoms with van der Waals surface area (Å²) in [6, 6.07) is 31.3. The summed E-state index contributed by atoms with van der Waals surface area (Å²) in [6.45, 7) is 4.71. The Morgan fingerprint density at radius 1 is 0.667 bits per heavy atom. The van der Waals surface area contributed by atoms with Crippen molar-refractivity contribution in [3.63, 3.8) is 0 Å². The fourth-order valence-corrected chi connectivity index (χ4v) is 6.51. The van der Waals surface area contributed by atoms with Gasteiger partial charge < -0.3 is 0 Å². The van der Waals surface area contributed by atoms with Gasteiger partial charge in [0.15, 0.2) is 0 Å². The zero-order chi connectivity index (χ0) is 16.8. The summed E-state index contributed by atoms with van der Waals surface area (Å²) in [5, 5.41) is 4.38. The Morgan fingerprint density at radius 3 is 1.75 bits per heavy atom.